The molecule has 0 saturated carbocycles. The molecule has 106 valence electrons. The van der Waals surface area contributed by atoms with Crippen LogP contribution in [0.1, 0.15) is 27.7 Å². The molecule has 0 amide bonds. The fraction of sp³-hybridized carbons (Fsp3) is 0.500. The second-order valence-electron chi connectivity index (χ2n) is 4.26. The molecule has 0 spiro atoms. The van der Waals surface area contributed by atoms with Crippen LogP contribution >= 0.6 is 0 Å². The van der Waals surface area contributed by atoms with Gasteiger partial charge in [-0.1, -0.05) is 0 Å². The molecular weight excluding hydrogens is 242 g/mol. The summed E-state index contributed by atoms with van der Waals surface area (Å²) in [6.07, 6.45) is 0. The van der Waals surface area contributed by atoms with Crippen molar-refractivity contribution in [2.75, 3.05) is 18.5 Å². The number of nitrogens with zero attached hydrogens (tertiary/aromatic N) is 1. The van der Waals surface area contributed by atoms with E-state index in [1.807, 2.05) is 45.9 Å². The Morgan fingerprint density at radius 1 is 1.26 bits per heavy atom. The van der Waals surface area contributed by atoms with E-state index in [0.717, 1.165) is 17.2 Å². The van der Waals surface area contributed by atoms with E-state index in [-0.39, 0.29) is 6.04 Å². The van der Waals surface area contributed by atoms with Crippen LogP contribution < -0.4 is 20.5 Å². The molecule has 1 rings (SSSR count). The van der Waals surface area contributed by atoms with Crippen molar-refractivity contribution in [3.05, 3.63) is 18.2 Å². The quantitative estimate of drug-likeness (QED) is 0.613. The number of nitrogens with one attached hydrogen (secondary N) is 1. The van der Waals surface area contributed by atoms with Crippen LogP contribution in [0.4, 0.5) is 5.69 Å². The fourth-order valence-electron chi connectivity index (χ4n) is 1.59. The number of ether oxygens (including phenoxy) is 2. The van der Waals surface area contributed by atoms with Crippen molar-refractivity contribution >= 4 is 11.6 Å². The minimum absolute atomic E-state index is 0.137. The van der Waals surface area contributed by atoms with Gasteiger partial charge >= 0.3 is 0 Å². The molecule has 0 aliphatic carbocycles. The maximum Gasteiger partial charge on any atom is 0.193 e. The highest BCUT2D eigenvalue weighted by molar-refractivity contribution is 5.94. The van der Waals surface area contributed by atoms with Crippen LogP contribution in [0.3, 0.4) is 0 Å². The molecule has 0 radical (unpaired) electrons. The molecule has 5 nitrogen and oxygen atoms in total. The summed E-state index contributed by atoms with van der Waals surface area (Å²) in [4.78, 5) is 4.24. The summed E-state index contributed by atoms with van der Waals surface area (Å²) in [5.74, 6) is 1.86. The van der Waals surface area contributed by atoms with Gasteiger partial charge in [0.25, 0.3) is 0 Å². The second kappa shape index (κ2) is 7.51. The molecule has 0 aliphatic rings. The zero-order chi connectivity index (χ0) is 14.3. The summed E-state index contributed by atoms with van der Waals surface area (Å²) in [5.41, 5.74) is 6.60. The first-order valence-corrected chi connectivity index (χ1v) is 6.56. The molecule has 0 unspecified atom stereocenters. The van der Waals surface area contributed by atoms with Gasteiger partial charge in [-0.2, -0.15) is 0 Å². The van der Waals surface area contributed by atoms with Gasteiger partial charge in [-0.05, 0) is 39.8 Å². The van der Waals surface area contributed by atoms with Gasteiger partial charge < -0.3 is 20.5 Å². The van der Waals surface area contributed by atoms with Crippen molar-refractivity contribution in [3.8, 4) is 11.5 Å². The fourth-order valence-corrected chi connectivity index (χ4v) is 1.59. The number of hydrogen-bond acceptors (Lipinski definition) is 3. The minimum atomic E-state index is 0.137. The Kier molecular flexibility index (Phi) is 5.99. The Morgan fingerprint density at radius 3 is 2.53 bits per heavy atom. The van der Waals surface area contributed by atoms with E-state index in [1.54, 1.807) is 0 Å². The molecule has 0 heterocycles. The van der Waals surface area contributed by atoms with E-state index in [0.29, 0.717) is 19.2 Å². The number of benzene rings is 1. The van der Waals surface area contributed by atoms with Gasteiger partial charge in [0, 0.05) is 12.1 Å². The summed E-state index contributed by atoms with van der Waals surface area (Å²) in [7, 11) is 0. The topological polar surface area (TPSA) is 68.9 Å². The second-order valence-corrected chi connectivity index (χ2v) is 4.26. The Bertz CT molecular complexity index is 431. The molecule has 3 N–H and O–H groups in total. The van der Waals surface area contributed by atoms with Crippen molar-refractivity contribution in [1.82, 2.24) is 0 Å². The molecule has 0 aromatic heterocycles. The van der Waals surface area contributed by atoms with E-state index in [2.05, 4.69) is 10.3 Å². The summed E-state index contributed by atoms with van der Waals surface area (Å²) in [6, 6.07) is 5.73. The number of anilines is 1. The molecule has 1 aromatic carbocycles. The van der Waals surface area contributed by atoms with Crippen LogP contribution in [0.15, 0.2) is 23.2 Å². The monoisotopic (exact) mass is 265 g/mol. The largest absolute Gasteiger partial charge is 0.494 e. The lowest BCUT2D eigenvalue weighted by Gasteiger charge is -2.14. The SMILES string of the molecule is CCOc1ccc(OCC)c(NC(N)=NC(C)C)c1. The number of guanidine groups is 1. The third kappa shape index (κ3) is 5.07. The molecule has 0 bridgehead atoms. The summed E-state index contributed by atoms with van der Waals surface area (Å²) in [6.45, 7) is 9.01. The number of nitrogens with two attached hydrogens (primary N) is 1. The van der Waals surface area contributed by atoms with Gasteiger partial charge in [-0.15, -0.1) is 0 Å². The van der Waals surface area contributed by atoms with E-state index >= 15 is 0 Å². The Morgan fingerprint density at radius 2 is 1.95 bits per heavy atom. The molecule has 5 heteroatoms. The van der Waals surface area contributed by atoms with Crippen LogP contribution in [0, 0.1) is 0 Å². The van der Waals surface area contributed by atoms with Crippen LogP contribution in [-0.4, -0.2) is 25.2 Å². The number of aliphatic imine (C=N–C) groups is 1. The van der Waals surface area contributed by atoms with Crippen molar-refractivity contribution in [1.29, 1.82) is 0 Å². The van der Waals surface area contributed by atoms with Crippen LogP contribution in [0.5, 0.6) is 11.5 Å². The lowest BCUT2D eigenvalue weighted by Crippen LogP contribution is -2.24. The lowest BCUT2D eigenvalue weighted by molar-refractivity contribution is 0.332. The molecular formula is C14H23N3O2. The average Bonchev–Trinajstić information content (AvgIpc) is 2.32. The van der Waals surface area contributed by atoms with Crippen molar-refractivity contribution in [2.24, 2.45) is 10.7 Å². The highest BCUT2D eigenvalue weighted by Crippen LogP contribution is 2.29. The Balaban J connectivity index is 2.96. The standard InChI is InChI=1S/C14H23N3O2/c1-5-18-11-7-8-13(19-6-2)12(9-11)17-14(15)16-10(3)4/h7-10H,5-6H2,1-4H3,(H3,15,16,17). The van der Waals surface area contributed by atoms with E-state index in [4.69, 9.17) is 15.2 Å². The van der Waals surface area contributed by atoms with E-state index in [9.17, 15) is 0 Å². The third-order valence-electron chi connectivity index (χ3n) is 2.22. The van der Waals surface area contributed by atoms with Gasteiger partial charge in [-0.25, -0.2) is 0 Å². The average molecular weight is 265 g/mol. The first-order valence-electron chi connectivity index (χ1n) is 6.56. The highest BCUT2D eigenvalue weighted by atomic mass is 16.5. The van der Waals surface area contributed by atoms with E-state index < -0.39 is 0 Å². The lowest BCUT2D eigenvalue weighted by atomic mass is 10.2. The van der Waals surface area contributed by atoms with Gasteiger partial charge in [-0.3, -0.25) is 4.99 Å². The maximum atomic E-state index is 5.84. The first kappa shape index (κ1) is 15.1. The van der Waals surface area contributed by atoms with Gasteiger partial charge in [0.1, 0.15) is 11.5 Å². The van der Waals surface area contributed by atoms with Crippen molar-refractivity contribution in [3.63, 3.8) is 0 Å². The van der Waals surface area contributed by atoms with Crippen molar-refractivity contribution in [2.45, 2.75) is 33.7 Å². The zero-order valence-electron chi connectivity index (χ0n) is 12.1. The maximum absolute atomic E-state index is 5.84. The Labute approximate surface area is 114 Å². The van der Waals surface area contributed by atoms with Crippen molar-refractivity contribution < 1.29 is 9.47 Å². The minimum Gasteiger partial charge on any atom is -0.494 e. The predicted octanol–water partition coefficient (Wildman–Crippen LogP) is 2.62. The molecule has 0 aliphatic heterocycles. The smallest absolute Gasteiger partial charge is 0.193 e. The van der Waals surface area contributed by atoms with Gasteiger partial charge in [0.15, 0.2) is 5.96 Å². The van der Waals surface area contributed by atoms with Gasteiger partial charge in [0.2, 0.25) is 0 Å². The third-order valence-corrected chi connectivity index (χ3v) is 2.22. The molecule has 0 atom stereocenters. The molecule has 0 saturated heterocycles. The summed E-state index contributed by atoms with van der Waals surface area (Å²) in [5, 5.41) is 3.05. The van der Waals surface area contributed by atoms with Crippen LogP contribution in [-0.2, 0) is 0 Å². The van der Waals surface area contributed by atoms with Gasteiger partial charge in [0.05, 0.1) is 18.9 Å². The number of rotatable bonds is 6. The molecule has 1 aromatic rings. The molecule has 0 fully saturated rings. The molecule has 19 heavy (non-hydrogen) atoms. The highest BCUT2D eigenvalue weighted by Gasteiger charge is 2.07. The number of hydrogen-bond donors (Lipinski definition) is 2. The van der Waals surface area contributed by atoms with E-state index in [1.165, 1.54) is 0 Å². The van der Waals surface area contributed by atoms with Crippen LogP contribution in [0.2, 0.25) is 0 Å². The zero-order valence-corrected chi connectivity index (χ0v) is 12.1. The van der Waals surface area contributed by atoms with Crippen LogP contribution in [0.25, 0.3) is 0 Å². The normalized spacial score (nSPS) is 11.5. The predicted molar refractivity (Wildman–Crippen MR) is 79.2 cm³/mol. The Hall–Kier alpha value is -1.91. The summed E-state index contributed by atoms with van der Waals surface area (Å²) >= 11 is 0. The first-order chi connectivity index (χ1) is 9.06. The summed E-state index contributed by atoms with van der Waals surface area (Å²) < 4.78 is 11.0.